The SMILES string of the molecule is C#CCC1=CC=CON1. The summed E-state index contributed by atoms with van der Waals surface area (Å²) in [4.78, 5) is 4.74. The molecule has 0 aromatic rings. The molecule has 0 aromatic carbocycles. The largest absolute Gasteiger partial charge is 0.390 e. The number of hydroxylamine groups is 1. The van der Waals surface area contributed by atoms with Crippen LogP contribution in [-0.2, 0) is 4.84 Å². The Morgan fingerprint density at radius 1 is 1.78 bits per heavy atom. The van der Waals surface area contributed by atoms with E-state index in [-0.39, 0.29) is 0 Å². The number of allylic oxidation sites excluding steroid dienone is 3. The number of rotatable bonds is 1. The van der Waals surface area contributed by atoms with E-state index in [0.717, 1.165) is 5.70 Å². The van der Waals surface area contributed by atoms with Gasteiger partial charge >= 0.3 is 0 Å². The first-order valence-corrected chi connectivity index (χ1v) is 2.64. The van der Waals surface area contributed by atoms with Crippen LogP contribution < -0.4 is 5.48 Å². The Hall–Kier alpha value is -1.36. The minimum atomic E-state index is 0.588. The van der Waals surface area contributed by atoms with Gasteiger partial charge in [0.25, 0.3) is 0 Å². The molecule has 0 aliphatic carbocycles. The summed E-state index contributed by atoms with van der Waals surface area (Å²) < 4.78 is 0. The molecule has 0 saturated carbocycles. The minimum absolute atomic E-state index is 0.588. The highest BCUT2D eigenvalue weighted by molar-refractivity contribution is 5.15. The second-order valence-corrected chi connectivity index (χ2v) is 1.62. The Balaban J connectivity index is 2.50. The molecule has 2 heteroatoms. The van der Waals surface area contributed by atoms with E-state index in [2.05, 4.69) is 11.4 Å². The van der Waals surface area contributed by atoms with Gasteiger partial charge in [0.1, 0.15) is 6.26 Å². The van der Waals surface area contributed by atoms with Crippen LogP contribution in [0.15, 0.2) is 24.1 Å². The number of nitrogens with one attached hydrogen (secondary N) is 1. The Morgan fingerprint density at radius 2 is 2.67 bits per heavy atom. The van der Waals surface area contributed by atoms with Gasteiger partial charge in [-0.15, -0.1) is 12.3 Å². The molecule has 9 heavy (non-hydrogen) atoms. The fourth-order valence-corrected chi connectivity index (χ4v) is 0.543. The van der Waals surface area contributed by atoms with Crippen LogP contribution in [0.3, 0.4) is 0 Å². The summed E-state index contributed by atoms with van der Waals surface area (Å²) in [6, 6.07) is 0. The van der Waals surface area contributed by atoms with Crippen LogP contribution in [0, 0.1) is 12.3 Å². The molecule has 0 unspecified atom stereocenters. The molecule has 0 atom stereocenters. The second kappa shape index (κ2) is 2.83. The van der Waals surface area contributed by atoms with Crippen LogP contribution in [0.5, 0.6) is 0 Å². The summed E-state index contributed by atoms with van der Waals surface area (Å²) in [6.07, 6.45) is 10.9. The van der Waals surface area contributed by atoms with E-state index < -0.39 is 0 Å². The molecule has 0 amide bonds. The lowest BCUT2D eigenvalue weighted by Crippen LogP contribution is -2.12. The van der Waals surface area contributed by atoms with Gasteiger partial charge in [0.2, 0.25) is 0 Å². The second-order valence-electron chi connectivity index (χ2n) is 1.62. The molecular weight excluding hydrogens is 114 g/mol. The highest BCUT2D eigenvalue weighted by Crippen LogP contribution is 1.99. The molecule has 2 nitrogen and oxygen atoms in total. The lowest BCUT2D eigenvalue weighted by Gasteiger charge is -2.08. The normalized spacial score (nSPS) is 14.8. The molecule has 1 aliphatic rings. The van der Waals surface area contributed by atoms with Crippen molar-refractivity contribution in [1.82, 2.24) is 5.48 Å². The van der Waals surface area contributed by atoms with Crippen molar-refractivity contribution in [2.75, 3.05) is 0 Å². The maximum Gasteiger partial charge on any atom is 0.119 e. The Kier molecular flexibility index (Phi) is 1.81. The van der Waals surface area contributed by atoms with E-state index in [4.69, 9.17) is 11.3 Å². The zero-order chi connectivity index (χ0) is 6.53. The summed E-state index contributed by atoms with van der Waals surface area (Å²) in [6.45, 7) is 0. The molecule has 0 saturated heterocycles. The first-order valence-electron chi connectivity index (χ1n) is 2.64. The van der Waals surface area contributed by atoms with Crippen molar-refractivity contribution in [3.63, 3.8) is 0 Å². The number of terminal acetylenes is 1. The van der Waals surface area contributed by atoms with Gasteiger partial charge in [-0.3, -0.25) is 0 Å². The molecule has 0 bridgehead atoms. The van der Waals surface area contributed by atoms with Crippen LogP contribution in [-0.4, -0.2) is 0 Å². The van der Waals surface area contributed by atoms with Crippen LogP contribution >= 0.6 is 0 Å². The van der Waals surface area contributed by atoms with Crippen molar-refractivity contribution in [3.05, 3.63) is 24.1 Å². The predicted octanol–water partition coefficient (Wildman–Crippen LogP) is 0.942. The number of hydrogen-bond acceptors (Lipinski definition) is 2. The first kappa shape index (κ1) is 5.77. The van der Waals surface area contributed by atoms with Gasteiger partial charge in [-0.05, 0) is 12.2 Å². The molecule has 0 radical (unpaired) electrons. The van der Waals surface area contributed by atoms with Gasteiger partial charge in [-0.2, -0.15) is 0 Å². The summed E-state index contributed by atoms with van der Waals surface area (Å²) in [7, 11) is 0. The van der Waals surface area contributed by atoms with Crippen molar-refractivity contribution < 1.29 is 4.84 Å². The van der Waals surface area contributed by atoms with Gasteiger partial charge in [0, 0.05) is 0 Å². The molecule has 1 N–H and O–H groups in total. The first-order chi connectivity index (χ1) is 4.43. The topological polar surface area (TPSA) is 21.3 Å². The van der Waals surface area contributed by atoms with Crippen molar-refractivity contribution in [3.8, 4) is 12.3 Å². The third-order valence-electron chi connectivity index (χ3n) is 0.927. The van der Waals surface area contributed by atoms with Gasteiger partial charge in [0.05, 0.1) is 12.1 Å². The van der Waals surface area contributed by atoms with E-state index in [1.165, 1.54) is 0 Å². The van der Waals surface area contributed by atoms with Gasteiger partial charge in [-0.25, -0.2) is 5.48 Å². The third kappa shape index (κ3) is 1.54. The Labute approximate surface area is 54.2 Å². The van der Waals surface area contributed by atoms with Crippen LogP contribution in [0.2, 0.25) is 0 Å². The maximum absolute atomic E-state index is 5.05. The molecular formula is C7H7NO. The van der Waals surface area contributed by atoms with E-state index >= 15 is 0 Å². The fourth-order valence-electron chi connectivity index (χ4n) is 0.543. The monoisotopic (exact) mass is 121 g/mol. The summed E-state index contributed by atoms with van der Waals surface area (Å²) >= 11 is 0. The summed E-state index contributed by atoms with van der Waals surface area (Å²) in [5.74, 6) is 2.49. The van der Waals surface area contributed by atoms with Crippen molar-refractivity contribution in [2.45, 2.75) is 6.42 Å². The average molecular weight is 121 g/mol. The highest BCUT2D eigenvalue weighted by Gasteiger charge is 1.93. The average Bonchev–Trinajstić information content (AvgIpc) is 1.91. The van der Waals surface area contributed by atoms with E-state index in [1.54, 1.807) is 12.3 Å². The lowest BCUT2D eigenvalue weighted by atomic mass is 10.3. The maximum atomic E-state index is 5.05. The van der Waals surface area contributed by atoms with Crippen LogP contribution in [0.1, 0.15) is 6.42 Å². The molecule has 0 fully saturated rings. The zero-order valence-corrected chi connectivity index (χ0v) is 4.92. The molecule has 0 aromatic heterocycles. The van der Waals surface area contributed by atoms with Crippen molar-refractivity contribution in [1.29, 1.82) is 0 Å². The summed E-state index contributed by atoms with van der Waals surface area (Å²) in [5, 5.41) is 0. The molecule has 46 valence electrons. The van der Waals surface area contributed by atoms with Crippen molar-refractivity contribution >= 4 is 0 Å². The fraction of sp³-hybridized carbons (Fsp3) is 0.143. The van der Waals surface area contributed by atoms with Crippen LogP contribution in [0.4, 0.5) is 0 Å². The van der Waals surface area contributed by atoms with Crippen LogP contribution in [0.25, 0.3) is 0 Å². The highest BCUT2D eigenvalue weighted by atomic mass is 16.6. The number of hydrogen-bond donors (Lipinski definition) is 1. The van der Waals surface area contributed by atoms with Crippen molar-refractivity contribution in [2.24, 2.45) is 0 Å². The molecule has 1 heterocycles. The quantitative estimate of drug-likeness (QED) is 0.521. The lowest BCUT2D eigenvalue weighted by molar-refractivity contribution is 0.158. The van der Waals surface area contributed by atoms with Gasteiger partial charge < -0.3 is 4.84 Å². The molecule has 1 aliphatic heterocycles. The smallest absolute Gasteiger partial charge is 0.119 e. The standard InChI is InChI=1S/C7H7NO/c1-2-4-7-5-3-6-9-8-7/h1,3,5-6,8H,4H2. The van der Waals surface area contributed by atoms with E-state index in [9.17, 15) is 0 Å². The van der Waals surface area contributed by atoms with E-state index in [1.807, 2.05) is 6.08 Å². The molecule has 0 spiro atoms. The van der Waals surface area contributed by atoms with Gasteiger partial charge in [-0.1, -0.05) is 0 Å². The molecule has 1 rings (SSSR count). The summed E-state index contributed by atoms with van der Waals surface area (Å²) in [5.41, 5.74) is 3.57. The zero-order valence-electron chi connectivity index (χ0n) is 4.92. The van der Waals surface area contributed by atoms with Gasteiger partial charge in [0.15, 0.2) is 0 Å². The predicted molar refractivity (Wildman–Crippen MR) is 34.9 cm³/mol. The minimum Gasteiger partial charge on any atom is -0.390 e. The Morgan fingerprint density at radius 3 is 3.22 bits per heavy atom. The third-order valence-corrected chi connectivity index (χ3v) is 0.927. The Bertz CT molecular complexity index is 186. The van der Waals surface area contributed by atoms with E-state index in [0.29, 0.717) is 6.42 Å².